The van der Waals surface area contributed by atoms with Crippen LogP contribution in [0.15, 0.2) is 0 Å². The lowest BCUT2D eigenvalue weighted by atomic mass is 10.0. The zero-order valence-corrected chi connectivity index (χ0v) is 4.98. The number of hydrogen-bond acceptors (Lipinski definition) is 2. The van der Waals surface area contributed by atoms with Crippen LogP contribution in [0.4, 0.5) is 0 Å². The van der Waals surface area contributed by atoms with Gasteiger partial charge in [0.2, 0.25) is 0 Å². The van der Waals surface area contributed by atoms with Crippen LogP contribution in [-0.4, -0.2) is 17.5 Å². The van der Waals surface area contributed by atoms with Crippen molar-refractivity contribution in [3.63, 3.8) is 0 Å². The molecule has 1 aliphatic rings. The number of rotatable bonds is 2. The average Bonchev–Trinajstić information content (AvgIpc) is 2.44. The number of ketones is 1. The Balaban J connectivity index is 2.53. The van der Waals surface area contributed by atoms with E-state index in [1.165, 1.54) is 0 Å². The van der Waals surface area contributed by atoms with Gasteiger partial charge in [-0.15, -0.1) is 0 Å². The molecule has 1 N–H and O–H groups in total. The van der Waals surface area contributed by atoms with Gasteiger partial charge in [-0.1, -0.05) is 0 Å². The van der Waals surface area contributed by atoms with E-state index in [-0.39, 0.29) is 17.8 Å². The molecular weight excluding hydrogens is 104 g/mol. The topological polar surface area (TPSA) is 37.3 Å². The van der Waals surface area contributed by atoms with Gasteiger partial charge < -0.3 is 5.11 Å². The van der Waals surface area contributed by atoms with E-state index in [1.54, 1.807) is 6.92 Å². The van der Waals surface area contributed by atoms with Crippen LogP contribution in [0.3, 0.4) is 0 Å². The summed E-state index contributed by atoms with van der Waals surface area (Å²) in [5.74, 6) is 0.139. The molecule has 46 valence electrons. The summed E-state index contributed by atoms with van der Waals surface area (Å²) < 4.78 is 0. The molecule has 0 atom stereocenters. The largest absolute Gasteiger partial charge is 0.395 e. The van der Waals surface area contributed by atoms with Gasteiger partial charge >= 0.3 is 0 Å². The molecule has 0 aromatic carbocycles. The van der Waals surface area contributed by atoms with Gasteiger partial charge in [-0.25, -0.2) is 0 Å². The monoisotopic (exact) mass is 114 g/mol. The molecule has 0 aliphatic heterocycles. The van der Waals surface area contributed by atoms with Crippen LogP contribution in [0.5, 0.6) is 0 Å². The van der Waals surface area contributed by atoms with Crippen molar-refractivity contribution in [2.45, 2.75) is 19.8 Å². The first kappa shape index (κ1) is 5.76. The summed E-state index contributed by atoms with van der Waals surface area (Å²) in [4.78, 5) is 10.6. The van der Waals surface area contributed by atoms with E-state index in [0.29, 0.717) is 0 Å². The van der Waals surface area contributed by atoms with Gasteiger partial charge in [0, 0.05) is 0 Å². The molecule has 0 radical (unpaired) electrons. The van der Waals surface area contributed by atoms with Crippen molar-refractivity contribution in [3.8, 4) is 0 Å². The second-order valence-corrected chi connectivity index (χ2v) is 2.49. The first-order chi connectivity index (χ1) is 3.71. The quantitative estimate of drug-likeness (QED) is 0.562. The molecule has 8 heavy (non-hydrogen) atoms. The van der Waals surface area contributed by atoms with Crippen molar-refractivity contribution < 1.29 is 9.90 Å². The minimum absolute atomic E-state index is 0.0440. The number of carbonyl (C=O) groups excluding carboxylic acids is 1. The maximum Gasteiger partial charge on any atom is 0.138 e. The van der Waals surface area contributed by atoms with Crippen LogP contribution in [-0.2, 0) is 4.79 Å². The van der Waals surface area contributed by atoms with E-state index in [9.17, 15) is 4.79 Å². The molecule has 2 nitrogen and oxygen atoms in total. The third-order valence-corrected chi connectivity index (χ3v) is 1.90. The highest BCUT2D eigenvalue weighted by Crippen LogP contribution is 2.45. The second kappa shape index (κ2) is 1.55. The van der Waals surface area contributed by atoms with Gasteiger partial charge in [0.05, 0.1) is 12.0 Å². The Hall–Kier alpha value is -0.370. The average molecular weight is 114 g/mol. The minimum Gasteiger partial charge on any atom is -0.395 e. The van der Waals surface area contributed by atoms with Gasteiger partial charge in [0.1, 0.15) is 5.78 Å². The Labute approximate surface area is 48.5 Å². The summed E-state index contributed by atoms with van der Waals surface area (Å²) in [6, 6.07) is 0. The van der Waals surface area contributed by atoms with Crippen LogP contribution < -0.4 is 0 Å². The van der Waals surface area contributed by atoms with E-state index in [0.717, 1.165) is 12.8 Å². The smallest absolute Gasteiger partial charge is 0.138 e. The van der Waals surface area contributed by atoms with Gasteiger partial charge in [-0.2, -0.15) is 0 Å². The van der Waals surface area contributed by atoms with Crippen LogP contribution in [0, 0.1) is 5.41 Å². The number of carbonyl (C=O) groups is 1. The summed E-state index contributed by atoms with van der Waals surface area (Å²) in [7, 11) is 0. The molecule has 0 heterocycles. The first-order valence-corrected chi connectivity index (χ1v) is 2.83. The van der Waals surface area contributed by atoms with Crippen LogP contribution in [0.25, 0.3) is 0 Å². The molecule has 0 bridgehead atoms. The lowest BCUT2D eigenvalue weighted by Gasteiger charge is -2.02. The molecule has 1 aliphatic carbocycles. The molecule has 0 amide bonds. The summed E-state index contributed by atoms with van der Waals surface area (Å²) >= 11 is 0. The fourth-order valence-electron chi connectivity index (χ4n) is 0.772. The van der Waals surface area contributed by atoms with Crippen molar-refractivity contribution in [2.24, 2.45) is 5.41 Å². The van der Waals surface area contributed by atoms with E-state index >= 15 is 0 Å². The van der Waals surface area contributed by atoms with Gasteiger partial charge in [-0.3, -0.25) is 4.79 Å². The van der Waals surface area contributed by atoms with Gasteiger partial charge in [0.25, 0.3) is 0 Å². The van der Waals surface area contributed by atoms with E-state index in [4.69, 9.17) is 5.11 Å². The standard InChI is InChI=1S/C6H10O2/c1-5(8)6(4-7)2-3-6/h7H,2-4H2,1H3. The van der Waals surface area contributed by atoms with Gasteiger partial charge in [0.15, 0.2) is 0 Å². The van der Waals surface area contributed by atoms with Crippen LogP contribution in [0.1, 0.15) is 19.8 Å². The normalized spacial score (nSPS) is 22.8. The fourth-order valence-corrected chi connectivity index (χ4v) is 0.772. The summed E-state index contributed by atoms with van der Waals surface area (Å²) in [6.07, 6.45) is 1.78. The van der Waals surface area contributed by atoms with Crippen molar-refractivity contribution >= 4 is 5.78 Å². The zero-order chi connectivity index (χ0) is 6.20. The Morgan fingerprint density at radius 1 is 1.75 bits per heavy atom. The van der Waals surface area contributed by atoms with Crippen LogP contribution in [0.2, 0.25) is 0 Å². The lowest BCUT2D eigenvalue weighted by Crippen LogP contribution is -2.15. The minimum atomic E-state index is -0.292. The number of aliphatic hydroxyl groups excluding tert-OH is 1. The van der Waals surface area contributed by atoms with Crippen molar-refractivity contribution in [2.75, 3.05) is 6.61 Å². The molecule has 1 saturated carbocycles. The van der Waals surface area contributed by atoms with E-state index in [2.05, 4.69) is 0 Å². The van der Waals surface area contributed by atoms with Crippen molar-refractivity contribution in [1.82, 2.24) is 0 Å². The molecular formula is C6H10O2. The Kier molecular flexibility index (Phi) is 1.12. The maximum atomic E-state index is 10.6. The zero-order valence-electron chi connectivity index (χ0n) is 4.98. The Morgan fingerprint density at radius 2 is 2.25 bits per heavy atom. The third kappa shape index (κ3) is 0.650. The highest BCUT2D eigenvalue weighted by molar-refractivity contribution is 5.85. The van der Waals surface area contributed by atoms with Crippen LogP contribution >= 0.6 is 0 Å². The molecule has 1 rings (SSSR count). The van der Waals surface area contributed by atoms with Crippen molar-refractivity contribution in [3.05, 3.63) is 0 Å². The molecule has 2 heteroatoms. The number of Topliss-reactive ketones (excluding diaryl/α,β-unsaturated/α-hetero) is 1. The molecule has 1 fully saturated rings. The Morgan fingerprint density at radius 3 is 2.25 bits per heavy atom. The lowest BCUT2D eigenvalue weighted by molar-refractivity contribution is -0.123. The van der Waals surface area contributed by atoms with Gasteiger partial charge in [-0.05, 0) is 19.8 Å². The first-order valence-electron chi connectivity index (χ1n) is 2.83. The molecule has 0 spiro atoms. The SMILES string of the molecule is CC(=O)C1(CO)CC1. The molecule has 0 aromatic heterocycles. The predicted molar refractivity (Wildman–Crippen MR) is 29.4 cm³/mol. The summed E-state index contributed by atoms with van der Waals surface area (Å²) in [5.41, 5.74) is -0.292. The number of aliphatic hydroxyl groups is 1. The molecule has 0 unspecified atom stereocenters. The Bertz CT molecular complexity index is 114. The third-order valence-electron chi connectivity index (χ3n) is 1.90. The highest BCUT2D eigenvalue weighted by Gasteiger charge is 2.46. The predicted octanol–water partition coefficient (Wildman–Crippen LogP) is 0.348. The van der Waals surface area contributed by atoms with E-state index in [1.807, 2.05) is 0 Å². The molecule has 0 saturated heterocycles. The number of hydrogen-bond donors (Lipinski definition) is 1. The summed E-state index contributed by atoms with van der Waals surface area (Å²) in [6.45, 7) is 1.59. The highest BCUT2D eigenvalue weighted by atomic mass is 16.3. The second-order valence-electron chi connectivity index (χ2n) is 2.49. The summed E-state index contributed by atoms with van der Waals surface area (Å²) in [5, 5.41) is 8.61. The van der Waals surface area contributed by atoms with Crippen molar-refractivity contribution in [1.29, 1.82) is 0 Å². The van der Waals surface area contributed by atoms with E-state index < -0.39 is 0 Å². The fraction of sp³-hybridized carbons (Fsp3) is 0.833. The molecule has 0 aromatic rings. The maximum absolute atomic E-state index is 10.6.